The molecule has 1 unspecified atom stereocenters. The van der Waals surface area contributed by atoms with Crippen molar-refractivity contribution >= 4 is 17.9 Å². The zero-order valence-corrected chi connectivity index (χ0v) is 52.2. The van der Waals surface area contributed by atoms with E-state index in [1.54, 1.807) is 0 Å². The minimum atomic E-state index is -0.793. The molecule has 0 bridgehead atoms. The lowest BCUT2D eigenvalue weighted by Gasteiger charge is -2.18. The Kier molecular flexibility index (Phi) is 64.2. The van der Waals surface area contributed by atoms with E-state index in [0.717, 1.165) is 83.5 Å². The number of hydrogen-bond acceptors (Lipinski definition) is 6. The zero-order valence-electron chi connectivity index (χ0n) is 52.2. The van der Waals surface area contributed by atoms with Crippen LogP contribution in [0.4, 0.5) is 0 Å². The number of esters is 3. The molecule has 0 saturated carbocycles. The van der Waals surface area contributed by atoms with E-state index in [-0.39, 0.29) is 31.1 Å². The quantitative estimate of drug-likeness (QED) is 0.0261. The first-order chi connectivity index (χ1) is 38.5. The molecule has 1 atom stereocenters. The summed E-state index contributed by atoms with van der Waals surface area (Å²) in [5, 5.41) is 0. The number of ether oxygens (including phenoxy) is 3. The van der Waals surface area contributed by atoms with Crippen molar-refractivity contribution in [3.8, 4) is 0 Å². The van der Waals surface area contributed by atoms with Crippen LogP contribution in [0.2, 0.25) is 0 Å². The average molecular weight is 1090 g/mol. The Morgan fingerprint density at radius 1 is 0.269 bits per heavy atom. The molecule has 0 radical (unpaired) electrons. The van der Waals surface area contributed by atoms with Crippen LogP contribution in [0.5, 0.6) is 0 Å². The number of unbranched alkanes of at least 4 members (excludes halogenated alkanes) is 42. The van der Waals surface area contributed by atoms with Crippen LogP contribution in [-0.2, 0) is 28.6 Å². The van der Waals surface area contributed by atoms with Gasteiger partial charge in [0.15, 0.2) is 6.10 Å². The fraction of sp³-hybridized carbons (Fsp3) is 0.819. The topological polar surface area (TPSA) is 78.9 Å². The van der Waals surface area contributed by atoms with Crippen molar-refractivity contribution in [2.75, 3.05) is 13.2 Å². The molecule has 0 aromatic carbocycles. The summed E-state index contributed by atoms with van der Waals surface area (Å²) in [7, 11) is 0. The fourth-order valence-corrected chi connectivity index (χ4v) is 10.1. The first-order valence-electron chi connectivity index (χ1n) is 34.3. The van der Waals surface area contributed by atoms with Crippen LogP contribution < -0.4 is 0 Å². The number of allylic oxidation sites excluding steroid dienone is 10. The maximum Gasteiger partial charge on any atom is 0.306 e. The van der Waals surface area contributed by atoms with Gasteiger partial charge in [-0.05, 0) is 83.5 Å². The van der Waals surface area contributed by atoms with Crippen LogP contribution in [0.15, 0.2) is 60.8 Å². The van der Waals surface area contributed by atoms with E-state index in [1.165, 1.54) is 238 Å². The monoisotopic (exact) mass is 1090 g/mol. The van der Waals surface area contributed by atoms with Gasteiger partial charge in [-0.15, -0.1) is 0 Å². The van der Waals surface area contributed by atoms with Crippen molar-refractivity contribution in [1.82, 2.24) is 0 Å². The van der Waals surface area contributed by atoms with Gasteiger partial charge in [0, 0.05) is 19.3 Å². The first kappa shape index (κ1) is 75.1. The van der Waals surface area contributed by atoms with E-state index in [1.807, 2.05) is 0 Å². The Morgan fingerprint density at radius 3 is 0.821 bits per heavy atom. The van der Waals surface area contributed by atoms with E-state index in [2.05, 4.69) is 81.5 Å². The highest BCUT2D eigenvalue weighted by atomic mass is 16.6. The average Bonchev–Trinajstić information content (AvgIpc) is 3.44. The Labute approximate surface area is 485 Å². The number of rotatable bonds is 63. The van der Waals surface area contributed by atoms with E-state index in [4.69, 9.17) is 14.2 Å². The molecule has 0 heterocycles. The second-order valence-corrected chi connectivity index (χ2v) is 23.1. The lowest BCUT2D eigenvalue weighted by Crippen LogP contribution is -2.30. The molecule has 6 nitrogen and oxygen atoms in total. The third-order valence-electron chi connectivity index (χ3n) is 15.3. The maximum absolute atomic E-state index is 12.9. The summed E-state index contributed by atoms with van der Waals surface area (Å²) in [5.41, 5.74) is 0. The Bertz CT molecular complexity index is 1390. The van der Waals surface area contributed by atoms with E-state index < -0.39 is 6.10 Å². The summed E-state index contributed by atoms with van der Waals surface area (Å²) in [6.45, 7) is 6.54. The van der Waals surface area contributed by atoms with Gasteiger partial charge in [-0.3, -0.25) is 14.4 Å². The molecule has 0 spiro atoms. The Hall–Kier alpha value is -2.89. The molecule has 0 saturated heterocycles. The highest BCUT2D eigenvalue weighted by Crippen LogP contribution is 2.18. The SMILES string of the molecule is CC/C=C\C/C=C\C/C=C\C/C=C\CCCCC(=O)OCC(COC(=O)CCCCCCCCCCCCCCCCCCCCCCCCCCCCCC)OC(=O)CCCCCCCCC/C=C\CCCCCCCC. The largest absolute Gasteiger partial charge is 0.462 e. The smallest absolute Gasteiger partial charge is 0.306 e. The van der Waals surface area contributed by atoms with Crippen molar-refractivity contribution < 1.29 is 28.6 Å². The van der Waals surface area contributed by atoms with Crippen LogP contribution in [0.3, 0.4) is 0 Å². The van der Waals surface area contributed by atoms with Crippen LogP contribution in [0.1, 0.15) is 361 Å². The van der Waals surface area contributed by atoms with Crippen molar-refractivity contribution in [2.24, 2.45) is 0 Å². The predicted octanol–water partition coefficient (Wildman–Crippen LogP) is 23.5. The molecule has 0 aliphatic heterocycles. The highest BCUT2D eigenvalue weighted by Gasteiger charge is 2.19. The fourth-order valence-electron chi connectivity index (χ4n) is 10.1. The van der Waals surface area contributed by atoms with Gasteiger partial charge in [-0.2, -0.15) is 0 Å². The molecule has 454 valence electrons. The molecule has 0 fully saturated rings. The summed E-state index contributed by atoms with van der Waals surface area (Å²) in [4.78, 5) is 38.3. The van der Waals surface area contributed by atoms with E-state index in [9.17, 15) is 14.4 Å². The summed E-state index contributed by atoms with van der Waals surface area (Å²) in [5.74, 6) is -0.914. The van der Waals surface area contributed by atoms with Crippen molar-refractivity contribution in [2.45, 2.75) is 367 Å². The second-order valence-electron chi connectivity index (χ2n) is 23.1. The molecule has 0 aromatic rings. The van der Waals surface area contributed by atoms with Crippen LogP contribution in [0, 0.1) is 0 Å². The first-order valence-corrected chi connectivity index (χ1v) is 34.3. The molecule has 6 heteroatoms. The lowest BCUT2D eigenvalue weighted by atomic mass is 10.0. The van der Waals surface area contributed by atoms with Gasteiger partial charge in [0.2, 0.25) is 0 Å². The predicted molar refractivity (Wildman–Crippen MR) is 339 cm³/mol. The summed E-state index contributed by atoms with van der Waals surface area (Å²) in [6, 6.07) is 0. The van der Waals surface area contributed by atoms with Gasteiger partial charge in [0.05, 0.1) is 0 Å². The molecule has 78 heavy (non-hydrogen) atoms. The third-order valence-corrected chi connectivity index (χ3v) is 15.3. The molecular formula is C72H130O6. The second kappa shape index (κ2) is 66.6. The van der Waals surface area contributed by atoms with Gasteiger partial charge in [0.1, 0.15) is 13.2 Å². The highest BCUT2D eigenvalue weighted by molar-refractivity contribution is 5.71. The van der Waals surface area contributed by atoms with Gasteiger partial charge in [-0.25, -0.2) is 0 Å². The van der Waals surface area contributed by atoms with Crippen LogP contribution in [-0.4, -0.2) is 37.2 Å². The number of hydrogen-bond donors (Lipinski definition) is 0. The molecule has 0 aromatic heterocycles. The molecule has 0 aliphatic carbocycles. The minimum absolute atomic E-state index is 0.0859. The maximum atomic E-state index is 12.9. The minimum Gasteiger partial charge on any atom is -0.462 e. The summed E-state index contributed by atoms with van der Waals surface area (Å²) in [6.07, 6.45) is 85.4. The van der Waals surface area contributed by atoms with Gasteiger partial charge in [0.25, 0.3) is 0 Å². The van der Waals surface area contributed by atoms with Crippen molar-refractivity contribution in [1.29, 1.82) is 0 Å². The Morgan fingerprint density at radius 2 is 0.500 bits per heavy atom. The van der Waals surface area contributed by atoms with Gasteiger partial charge < -0.3 is 14.2 Å². The third kappa shape index (κ3) is 63.9. The molecule has 0 N–H and O–H groups in total. The van der Waals surface area contributed by atoms with Gasteiger partial charge in [-0.1, -0.05) is 319 Å². The lowest BCUT2D eigenvalue weighted by molar-refractivity contribution is -0.167. The normalized spacial score (nSPS) is 12.4. The number of carbonyl (C=O) groups excluding carboxylic acids is 3. The Balaban J connectivity index is 4.25. The van der Waals surface area contributed by atoms with E-state index in [0.29, 0.717) is 19.3 Å². The van der Waals surface area contributed by atoms with E-state index >= 15 is 0 Å². The molecular weight excluding hydrogens is 961 g/mol. The van der Waals surface area contributed by atoms with Crippen LogP contribution in [0.25, 0.3) is 0 Å². The van der Waals surface area contributed by atoms with Gasteiger partial charge >= 0.3 is 17.9 Å². The molecule has 0 aliphatic rings. The van der Waals surface area contributed by atoms with Crippen molar-refractivity contribution in [3.63, 3.8) is 0 Å². The van der Waals surface area contributed by atoms with Crippen molar-refractivity contribution in [3.05, 3.63) is 60.8 Å². The zero-order chi connectivity index (χ0) is 56.4. The number of carbonyl (C=O) groups is 3. The van der Waals surface area contributed by atoms with Crippen LogP contribution >= 0.6 is 0 Å². The standard InChI is InChI=1S/C72H130O6/c1-4-7-10-13-16-19-22-25-28-30-31-32-33-34-35-36-37-38-39-40-42-44-47-50-53-56-59-62-65-71(74)77-68-69(67-76-70(73)64-61-58-55-52-49-46-43-27-24-21-18-15-12-9-6-3)78-72(75)66-63-60-57-54-51-48-45-41-29-26-23-20-17-14-11-8-5-2/h9,12,18,21,26-27,29,43,49,52,69H,4-8,10-11,13-17,19-20,22-25,28,30-42,44-48,50-51,53-68H2,1-3H3/b12-9-,21-18-,29-26-,43-27-,52-49-. The molecule has 0 rings (SSSR count). The summed E-state index contributed by atoms with van der Waals surface area (Å²) >= 11 is 0. The molecule has 0 amide bonds. The summed E-state index contributed by atoms with van der Waals surface area (Å²) < 4.78 is 16.9.